The number of thiocarbonyl (C=S) groups is 1. The molecule has 2 heterocycles. The maximum absolute atomic E-state index is 5.21. The van der Waals surface area contributed by atoms with Crippen molar-refractivity contribution in [1.82, 2.24) is 20.4 Å². The molecule has 0 radical (unpaired) electrons. The molecule has 0 bridgehead atoms. The van der Waals surface area contributed by atoms with Gasteiger partial charge in [0.05, 0.1) is 18.4 Å². The SMILES string of the molecule is CCNC(=S)N1Cc2cn[nH]c2C1. The lowest BCUT2D eigenvalue weighted by molar-refractivity contribution is 0.433. The lowest BCUT2D eigenvalue weighted by Crippen LogP contribution is -2.36. The summed E-state index contributed by atoms with van der Waals surface area (Å²) in [6.45, 7) is 4.64. The summed E-state index contributed by atoms with van der Waals surface area (Å²) < 4.78 is 0. The second-order valence-electron chi connectivity index (χ2n) is 3.07. The van der Waals surface area contributed by atoms with E-state index in [2.05, 4.69) is 20.4 Å². The first-order valence-electron chi connectivity index (χ1n) is 4.35. The van der Waals surface area contributed by atoms with Crippen molar-refractivity contribution >= 4 is 17.3 Å². The van der Waals surface area contributed by atoms with Crippen LogP contribution in [0.25, 0.3) is 0 Å². The molecule has 0 aliphatic carbocycles. The number of hydrogen-bond acceptors (Lipinski definition) is 2. The van der Waals surface area contributed by atoms with Crippen molar-refractivity contribution in [1.29, 1.82) is 0 Å². The lowest BCUT2D eigenvalue weighted by atomic mass is 10.3. The van der Waals surface area contributed by atoms with E-state index in [9.17, 15) is 0 Å². The smallest absolute Gasteiger partial charge is 0.169 e. The molecule has 2 N–H and O–H groups in total. The third-order valence-electron chi connectivity index (χ3n) is 2.13. The number of aromatic amines is 1. The van der Waals surface area contributed by atoms with Gasteiger partial charge in [-0.05, 0) is 19.1 Å². The number of hydrogen-bond donors (Lipinski definition) is 2. The van der Waals surface area contributed by atoms with Gasteiger partial charge in [0.2, 0.25) is 0 Å². The van der Waals surface area contributed by atoms with Gasteiger partial charge in [-0.25, -0.2) is 0 Å². The average Bonchev–Trinajstić information content (AvgIpc) is 2.61. The van der Waals surface area contributed by atoms with E-state index >= 15 is 0 Å². The Morgan fingerprint density at radius 2 is 2.62 bits per heavy atom. The van der Waals surface area contributed by atoms with Crippen molar-refractivity contribution in [2.45, 2.75) is 20.0 Å². The Balaban J connectivity index is 2.01. The normalized spacial score (nSPS) is 14.4. The van der Waals surface area contributed by atoms with Gasteiger partial charge in [0, 0.05) is 18.7 Å². The maximum Gasteiger partial charge on any atom is 0.169 e. The Kier molecular flexibility index (Phi) is 2.18. The largest absolute Gasteiger partial charge is 0.363 e. The highest BCUT2D eigenvalue weighted by molar-refractivity contribution is 7.80. The van der Waals surface area contributed by atoms with Crippen molar-refractivity contribution in [2.75, 3.05) is 6.54 Å². The van der Waals surface area contributed by atoms with Crippen molar-refractivity contribution in [3.8, 4) is 0 Å². The van der Waals surface area contributed by atoms with Crippen molar-refractivity contribution in [3.05, 3.63) is 17.5 Å². The van der Waals surface area contributed by atoms with Crippen LogP contribution in [0.2, 0.25) is 0 Å². The fourth-order valence-electron chi connectivity index (χ4n) is 1.47. The van der Waals surface area contributed by atoms with Gasteiger partial charge in [0.15, 0.2) is 5.11 Å². The molecular weight excluding hydrogens is 184 g/mol. The third kappa shape index (κ3) is 1.51. The minimum Gasteiger partial charge on any atom is -0.363 e. The van der Waals surface area contributed by atoms with E-state index in [1.165, 1.54) is 11.3 Å². The van der Waals surface area contributed by atoms with Gasteiger partial charge in [-0.15, -0.1) is 0 Å². The summed E-state index contributed by atoms with van der Waals surface area (Å²) in [6.07, 6.45) is 1.86. The highest BCUT2D eigenvalue weighted by Crippen LogP contribution is 2.19. The van der Waals surface area contributed by atoms with E-state index in [0.29, 0.717) is 0 Å². The summed E-state index contributed by atoms with van der Waals surface area (Å²) in [4.78, 5) is 2.13. The van der Waals surface area contributed by atoms with E-state index in [-0.39, 0.29) is 0 Å². The van der Waals surface area contributed by atoms with E-state index in [1.807, 2.05) is 13.1 Å². The van der Waals surface area contributed by atoms with Crippen molar-refractivity contribution < 1.29 is 0 Å². The predicted molar refractivity (Wildman–Crippen MR) is 54.1 cm³/mol. The predicted octanol–water partition coefficient (Wildman–Crippen LogP) is 0.620. The van der Waals surface area contributed by atoms with Crippen LogP contribution in [0.4, 0.5) is 0 Å². The molecule has 0 saturated heterocycles. The zero-order valence-electron chi connectivity index (χ0n) is 7.50. The quantitative estimate of drug-likeness (QED) is 0.646. The average molecular weight is 196 g/mol. The molecule has 4 nitrogen and oxygen atoms in total. The van der Waals surface area contributed by atoms with Gasteiger partial charge in [0.1, 0.15) is 0 Å². The van der Waals surface area contributed by atoms with Crippen LogP contribution < -0.4 is 5.32 Å². The molecule has 1 aliphatic rings. The van der Waals surface area contributed by atoms with Crippen LogP contribution in [0, 0.1) is 0 Å². The highest BCUT2D eigenvalue weighted by Gasteiger charge is 2.21. The Morgan fingerprint density at radius 3 is 3.31 bits per heavy atom. The zero-order chi connectivity index (χ0) is 9.26. The number of nitrogens with zero attached hydrogens (tertiary/aromatic N) is 2. The number of nitrogens with one attached hydrogen (secondary N) is 2. The summed E-state index contributed by atoms with van der Waals surface area (Å²) in [6, 6.07) is 0. The molecule has 70 valence electrons. The Hall–Kier alpha value is -1.10. The molecule has 0 amide bonds. The molecule has 1 aromatic heterocycles. The van der Waals surface area contributed by atoms with E-state index in [1.54, 1.807) is 0 Å². The van der Waals surface area contributed by atoms with Crippen LogP contribution in [0.5, 0.6) is 0 Å². The molecule has 0 fully saturated rings. The molecule has 0 unspecified atom stereocenters. The zero-order valence-corrected chi connectivity index (χ0v) is 8.32. The molecule has 1 aromatic rings. The van der Waals surface area contributed by atoms with Gasteiger partial charge in [-0.2, -0.15) is 5.10 Å². The van der Waals surface area contributed by atoms with E-state index in [4.69, 9.17) is 12.2 Å². The molecular formula is C8H12N4S. The van der Waals surface area contributed by atoms with Crippen molar-refractivity contribution in [3.63, 3.8) is 0 Å². The minimum absolute atomic E-state index is 0.826. The maximum atomic E-state index is 5.21. The first-order valence-corrected chi connectivity index (χ1v) is 4.76. The molecule has 0 aromatic carbocycles. The van der Waals surface area contributed by atoms with Gasteiger partial charge < -0.3 is 10.2 Å². The van der Waals surface area contributed by atoms with Crippen LogP contribution in [0.1, 0.15) is 18.2 Å². The summed E-state index contributed by atoms with van der Waals surface area (Å²) in [7, 11) is 0. The lowest BCUT2D eigenvalue weighted by Gasteiger charge is -2.18. The van der Waals surface area contributed by atoms with E-state index < -0.39 is 0 Å². The minimum atomic E-state index is 0.826. The topological polar surface area (TPSA) is 44.0 Å². The number of rotatable bonds is 1. The standard InChI is InChI=1S/C8H12N4S/c1-2-9-8(13)12-4-6-3-10-11-7(6)5-12/h3H,2,4-5H2,1H3,(H,9,13)(H,10,11). The summed E-state index contributed by atoms with van der Waals surface area (Å²) in [5.74, 6) is 0. The summed E-state index contributed by atoms with van der Waals surface area (Å²) in [5, 5.41) is 10.9. The Morgan fingerprint density at radius 1 is 1.77 bits per heavy atom. The number of H-pyrrole nitrogens is 1. The second-order valence-corrected chi connectivity index (χ2v) is 3.45. The van der Waals surface area contributed by atoms with Gasteiger partial charge in [-0.1, -0.05) is 0 Å². The second kappa shape index (κ2) is 3.33. The van der Waals surface area contributed by atoms with Crippen molar-refractivity contribution in [2.24, 2.45) is 0 Å². The van der Waals surface area contributed by atoms with Crippen LogP contribution in [0.15, 0.2) is 6.20 Å². The first-order chi connectivity index (χ1) is 6.31. The molecule has 0 spiro atoms. The van der Waals surface area contributed by atoms with Gasteiger partial charge in [-0.3, -0.25) is 5.10 Å². The van der Waals surface area contributed by atoms with Crippen LogP contribution in [-0.2, 0) is 13.1 Å². The molecule has 1 aliphatic heterocycles. The van der Waals surface area contributed by atoms with Gasteiger partial charge in [0.25, 0.3) is 0 Å². The summed E-state index contributed by atoms with van der Waals surface area (Å²) >= 11 is 5.21. The molecule has 0 atom stereocenters. The van der Waals surface area contributed by atoms with Crippen LogP contribution in [0.3, 0.4) is 0 Å². The fourth-order valence-corrected chi connectivity index (χ4v) is 1.74. The van der Waals surface area contributed by atoms with Crippen LogP contribution in [-0.4, -0.2) is 26.8 Å². The first kappa shape index (κ1) is 8.50. The van der Waals surface area contributed by atoms with E-state index in [0.717, 1.165) is 24.7 Å². The fraction of sp³-hybridized carbons (Fsp3) is 0.500. The molecule has 0 saturated carbocycles. The molecule has 2 rings (SSSR count). The molecule has 13 heavy (non-hydrogen) atoms. The monoisotopic (exact) mass is 196 g/mol. The van der Waals surface area contributed by atoms with Crippen LogP contribution >= 0.6 is 12.2 Å². The summed E-state index contributed by atoms with van der Waals surface area (Å²) in [5.41, 5.74) is 2.43. The van der Waals surface area contributed by atoms with Gasteiger partial charge >= 0.3 is 0 Å². The number of fused-ring (bicyclic) bond motifs is 1. The molecule has 5 heteroatoms. The highest BCUT2D eigenvalue weighted by atomic mass is 32.1. The Labute approximate surface area is 82.3 Å². The Bertz CT molecular complexity index is 299. The third-order valence-corrected chi connectivity index (χ3v) is 2.54. The number of aromatic nitrogens is 2.